The van der Waals surface area contributed by atoms with Crippen molar-refractivity contribution >= 4 is 20.1 Å². The van der Waals surface area contributed by atoms with Crippen molar-refractivity contribution in [1.82, 2.24) is 5.32 Å². The molecule has 3 unspecified atom stereocenters. The van der Waals surface area contributed by atoms with E-state index in [1.54, 1.807) is 13.8 Å². The molecule has 0 saturated heterocycles. The first-order chi connectivity index (χ1) is 10.2. The minimum absolute atomic E-state index is 0.158. The van der Waals surface area contributed by atoms with Gasteiger partial charge in [-0.1, -0.05) is 20.8 Å². The van der Waals surface area contributed by atoms with E-state index in [-0.39, 0.29) is 18.0 Å². The number of nitrogens with one attached hydrogen (secondary N) is 1. The highest BCUT2D eigenvalue weighted by atomic mass is 31.1. The number of alkyl carbamates (subject to hydrolysis) is 1. The molecule has 3 atom stereocenters. The summed E-state index contributed by atoms with van der Waals surface area (Å²) < 4.78 is 19.8. The van der Waals surface area contributed by atoms with Gasteiger partial charge in [0.1, 0.15) is 6.23 Å². The first kappa shape index (κ1) is 20.8. The molecule has 128 valence electrons. The number of amides is 1. The molecule has 0 aliphatic carbocycles. The predicted octanol–water partition coefficient (Wildman–Crippen LogP) is 1.73. The summed E-state index contributed by atoms with van der Waals surface area (Å²) in [5, 5.41) is 11.8. The molecule has 0 bridgehead atoms. The zero-order chi connectivity index (χ0) is 17.1. The zero-order valence-corrected chi connectivity index (χ0v) is 14.0. The molecule has 0 fully saturated rings. The van der Waals surface area contributed by atoms with Crippen molar-refractivity contribution in [2.75, 3.05) is 13.0 Å². The Morgan fingerprint density at radius 3 is 2.32 bits per heavy atom. The summed E-state index contributed by atoms with van der Waals surface area (Å²) in [5.41, 5.74) is 0. The Bertz CT molecular complexity index is 375. The molecule has 0 saturated carbocycles. The Labute approximate surface area is 131 Å². The van der Waals surface area contributed by atoms with Crippen molar-refractivity contribution in [3.63, 3.8) is 0 Å². The van der Waals surface area contributed by atoms with Crippen LogP contribution in [0.1, 0.15) is 40.0 Å². The molecule has 8 nitrogen and oxygen atoms in total. The van der Waals surface area contributed by atoms with Crippen molar-refractivity contribution in [3.8, 4) is 0 Å². The second-order valence-electron chi connectivity index (χ2n) is 5.37. The van der Waals surface area contributed by atoms with E-state index in [4.69, 9.17) is 4.89 Å². The smallest absolute Gasteiger partial charge is 0.428 e. The van der Waals surface area contributed by atoms with Crippen LogP contribution in [0.4, 0.5) is 4.79 Å². The number of esters is 1. The van der Waals surface area contributed by atoms with Crippen LogP contribution in [-0.2, 0) is 18.8 Å². The minimum Gasteiger partial charge on any atom is -0.428 e. The van der Waals surface area contributed by atoms with Crippen LogP contribution in [0.25, 0.3) is 0 Å². The van der Waals surface area contributed by atoms with Crippen molar-refractivity contribution in [2.24, 2.45) is 11.8 Å². The molecule has 0 aromatic carbocycles. The Balaban J connectivity index is 3.77. The Morgan fingerprint density at radius 1 is 1.14 bits per heavy atom. The molecule has 0 radical (unpaired) electrons. The molecule has 0 rings (SSSR count). The number of rotatable bonds is 10. The number of hydrogen-bond donors (Lipinski definition) is 3. The highest BCUT2D eigenvalue weighted by Gasteiger charge is 2.16. The van der Waals surface area contributed by atoms with E-state index >= 15 is 0 Å². The third-order valence-corrected chi connectivity index (χ3v) is 3.53. The van der Waals surface area contributed by atoms with E-state index in [0.717, 1.165) is 0 Å². The van der Waals surface area contributed by atoms with Crippen LogP contribution in [0, 0.1) is 11.8 Å². The monoisotopic (exact) mass is 338 g/mol. The molecule has 0 aliphatic heterocycles. The van der Waals surface area contributed by atoms with Gasteiger partial charge in [0.25, 0.3) is 0 Å². The van der Waals surface area contributed by atoms with Gasteiger partial charge in [-0.3, -0.25) is 10.1 Å². The van der Waals surface area contributed by atoms with Crippen LogP contribution in [-0.4, -0.2) is 41.2 Å². The van der Waals surface area contributed by atoms with Crippen molar-refractivity contribution in [3.05, 3.63) is 0 Å². The third-order valence-electron chi connectivity index (χ3n) is 2.89. The average Bonchev–Trinajstić information content (AvgIpc) is 2.42. The molecule has 22 heavy (non-hydrogen) atoms. The van der Waals surface area contributed by atoms with Gasteiger partial charge in [0.15, 0.2) is 6.16 Å². The number of hydrogen-bond acceptors (Lipinski definition) is 6. The quantitative estimate of drug-likeness (QED) is 0.315. The SMILES string of the molecule is CC(CCC(O)NC(=O)OCOC(=O)C(C)C)CC[P+](=O)O. The van der Waals surface area contributed by atoms with Crippen LogP contribution in [0.3, 0.4) is 0 Å². The van der Waals surface area contributed by atoms with Gasteiger partial charge in [0, 0.05) is 0 Å². The van der Waals surface area contributed by atoms with Gasteiger partial charge in [-0.2, -0.15) is 4.89 Å². The van der Waals surface area contributed by atoms with Crippen molar-refractivity contribution < 1.29 is 33.6 Å². The maximum absolute atomic E-state index is 11.3. The lowest BCUT2D eigenvalue weighted by atomic mass is 10.0. The van der Waals surface area contributed by atoms with Gasteiger partial charge in [-0.15, -0.1) is 0 Å². The fourth-order valence-corrected chi connectivity index (χ4v) is 2.14. The molecule has 0 aliphatic rings. The molecule has 9 heteroatoms. The number of ether oxygens (including phenoxy) is 2. The highest BCUT2D eigenvalue weighted by Crippen LogP contribution is 2.20. The van der Waals surface area contributed by atoms with Crippen LogP contribution in [0.2, 0.25) is 0 Å². The standard InChI is InChI=1S/C13H24NO7P/c1-9(2)12(16)20-8-21-13(17)14-11(15)5-4-10(3)6-7-22(18)19/h9-11,15H,4-8H2,1-3H3,(H-,14,17,18,19)/p+1. The van der Waals surface area contributed by atoms with E-state index in [1.165, 1.54) is 0 Å². The third kappa shape index (κ3) is 11.4. The zero-order valence-electron chi connectivity index (χ0n) is 13.2. The van der Waals surface area contributed by atoms with Crippen molar-refractivity contribution in [2.45, 2.75) is 46.3 Å². The molecular formula is C13H25NO7P+. The van der Waals surface area contributed by atoms with Crippen LogP contribution >= 0.6 is 8.03 Å². The summed E-state index contributed by atoms with van der Waals surface area (Å²) in [4.78, 5) is 31.1. The maximum atomic E-state index is 11.3. The van der Waals surface area contributed by atoms with Crippen LogP contribution < -0.4 is 5.32 Å². The van der Waals surface area contributed by atoms with E-state index in [1.807, 2.05) is 6.92 Å². The topological polar surface area (TPSA) is 122 Å². The summed E-state index contributed by atoms with van der Waals surface area (Å²) in [6.07, 6.45) is -0.275. The molecule has 0 spiro atoms. The van der Waals surface area contributed by atoms with Crippen LogP contribution in [0.5, 0.6) is 0 Å². The lowest BCUT2D eigenvalue weighted by Crippen LogP contribution is -2.36. The summed E-state index contributed by atoms with van der Waals surface area (Å²) in [7, 11) is -2.13. The first-order valence-electron chi connectivity index (χ1n) is 7.13. The molecule has 0 aromatic heterocycles. The summed E-state index contributed by atoms with van der Waals surface area (Å²) in [6.45, 7) is 4.70. The predicted molar refractivity (Wildman–Crippen MR) is 79.1 cm³/mol. The van der Waals surface area contributed by atoms with Crippen molar-refractivity contribution in [1.29, 1.82) is 0 Å². The van der Waals surface area contributed by atoms with Gasteiger partial charge in [0.05, 0.1) is 5.92 Å². The van der Waals surface area contributed by atoms with Crippen LogP contribution in [0.15, 0.2) is 0 Å². The molecular weight excluding hydrogens is 313 g/mol. The molecule has 1 amide bonds. The van der Waals surface area contributed by atoms with Gasteiger partial charge >= 0.3 is 20.1 Å². The second kappa shape index (κ2) is 11.3. The lowest BCUT2D eigenvalue weighted by Gasteiger charge is -2.15. The first-order valence-corrected chi connectivity index (χ1v) is 8.53. The van der Waals surface area contributed by atoms with E-state index < -0.39 is 33.1 Å². The van der Waals surface area contributed by atoms with E-state index in [9.17, 15) is 19.3 Å². The number of aliphatic hydroxyl groups excluding tert-OH is 1. The van der Waals surface area contributed by atoms with Gasteiger partial charge in [-0.25, -0.2) is 4.79 Å². The maximum Gasteiger partial charge on any atom is 0.505 e. The minimum atomic E-state index is -2.13. The number of carbonyl (C=O) groups excluding carboxylic acids is 2. The van der Waals surface area contributed by atoms with Gasteiger partial charge in [-0.05, 0) is 29.7 Å². The Hall–Kier alpha value is -1.24. The molecule has 3 N–H and O–H groups in total. The summed E-state index contributed by atoms with van der Waals surface area (Å²) >= 11 is 0. The largest absolute Gasteiger partial charge is 0.505 e. The van der Waals surface area contributed by atoms with Gasteiger partial charge in [0.2, 0.25) is 6.79 Å². The molecule has 0 aromatic rings. The highest BCUT2D eigenvalue weighted by molar-refractivity contribution is 7.37. The Kier molecular flexibility index (Phi) is 10.7. The van der Waals surface area contributed by atoms with E-state index in [0.29, 0.717) is 19.3 Å². The normalized spacial score (nSPS) is 14.2. The average molecular weight is 338 g/mol. The van der Waals surface area contributed by atoms with E-state index in [2.05, 4.69) is 14.8 Å². The summed E-state index contributed by atoms with van der Waals surface area (Å²) in [6, 6.07) is 0. The fourth-order valence-electron chi connectivity index (χ4n) is 1.48. The van der Waals surface area contributed by atoms with Gasteiger partial charge < -0.3 is 14.6 Å². The fraction of sp³-hybridized carbons (Fsp3) is 0.846. The summed E-state index contributed by atoms with van der Waals surface area (Å²) in [5.74, 6) is -0.636. The number of aliphatic hydroxyl groups is 1. The second-order valence-corrected chi connectivity index (χ2v) is 6.53. The lowest BCUT2D eigenvalue weighted by molar-refractivity contribution is -0.155. The molecule has 0 heterocycles. The Morgan fingerprint density at radius 2 is 1.77 bits per heavy atom. The number of carbonyl (C=O) groups is 2.